The molecule has 162 valence electrons. The molecule has 1 aliphatic rings. The van der Waals surface area contributed by atoms with Gasteiger partial charge in [0.05, 0.1) is 21.7 Å². The Morgan fingerprint density at radius 3 is 2.69 bits per heavy atom. The highest BCUT2D eigenvalue weighted by Crippen LogP contribution is 2.32. The number of para-hydroxylation sites is 1. The van der Waals surface area contributed by atoms with Crippen LogP contribution in [0.3, 0.4) is 0 Å². The average Bonchev–Trinajstić information content (AvgIpc) is 2.79. The molecule has 0 aliphatic carbocycles. The predicted molar refractivity (Wildman–Crippen MR) is 125 cm³/mol. The lowest BCUT2D eigenvalue weighted by molar-refractivity contribution is 0.586. The fourth-order valence-electron chi connectivity index (χ4n) is 3.99. The van der Waals surface area contributed by atoms with Gasteiger partial charge >= 0.3 is 5.69 Å². The summed E-state index contributed by atoms with van der Waals surface area (Å²) in [6.07, 6.45) is 3.02. The number of halogens is 1. The second-order valence-electron chi connectivity index (χ2n) is 7.43. The molecule has 32 heavy (non-hydrogen) atoms. The van der Waals surface area contributed by atoms with Crippen LogP contribution in [0, 0.1) is 0 Å². The van der Waals surface area contributed by atoms with Gasteiger partial charge in [-0.1, -0.05) is 24.3 Å². The number of aromatic amines is 1. The molecule has 10 heteroatoms. The molecule has 2 aromatic heterocycles. The third-order valence-corrected chi connectivity index (χ3v) is 7.69. The lowest BCUT2D eigenvalue weighted by Crippen LogP contribution is -2.35. The van der Waals surface area contributed by atoms with Gasteiger partial charge < -0.3 is 0 Å². The first-order chi connectivity index (χ1) is 15.4. The Hall–Kier alpha value is -3.24. The normalized spacial score (nSPS) is 13.8. The highest BCUT2D eigenvalue weighted by molar-refractivity contribution is 9.10. The molecule has 2 aromatic carbocycles. The molecule has 4 aromatic rings. The van der Waals surface area contributed by atoms with Gasteiger partial charge in [0.15, 0.2) is 5.65 Å². The molecule has 0 atom stereocenters. The van der Waals surface area contributed by atoms with Crippen LogP contribution in [0.4, 0.5) is 5.69 Å². The molecule has 0 radical (unpaired) electrons. The highest BCUT2D eigenvalue weighted by atomic mass is 79.9. The molecule has 3 heterocycles. The second-order valence-corrected chi connectivity index (χ2v) is 10.2. The fraction of sp³-hybridized carbons (Fsp3) is 0.136. The maximum absolute atomic E-state index is 13.5. The van der Waals surface area contributed by atoms with E-state index in [4.69, 9.17) is 0 Å². The Morgan fingerprint density at radius 2 is 1.84 bits per heavy atom. The zero-order valence-electron chi connectivity index (χ0n) is 16.7. The molecule has 0 unspecified atom stereocenters. The van der Waals surface area contributed by atoms with Crippen molar-refractivity contribution in [2.45, 2.75) is 17.7 Å². The summed E-state index contributed by atoms with van der Waals surface area (Å²) in [5, 5.41) is 0.206. The predicted octanol–water partition coefficient (Wildman–Crippen LogP) is 2.98. The lowest BCUT2D eigenvalue weighted by Gasteiger charge is -2.30. The summed E-state index contributed by atoms with van der Waals surface area (Å²) in [5.74, 6) is 0. The smallest absolute Gasteiger partial charge is 0.273 e. The van der Waals surface area contributed by atoms with E-state index in [1.54, 1.807) is 24.3 Å². The molecule has 1 N–H and O–H groups in total. The zero-order chi connectivity index (χ0) is 22.5. The van der Waals surface area contributed by atoms with Crippen molar-refractivity contribution < 1.29 is 8.42 Å². The second kappa shape index (κ2) is 7.72. The number of aromatic nitrogens is 3. The van der Waals surface area contributed by atoms with Gasteiger partial charge in [0.25, 0.3) is 15.6 Å². The number of sulfonamides is 1. The topological polar surface area (TPSA) is 105 Å². The van der Waals surface area contributed by atoms with E-state index in [0.29, 0.717) is 16.7 Å². The molecule has 0 saturated carbocycles. The van der Waals surface area contributed by atoms with Gasteiger partial charge in [-0.2, -0.15) is 0 Å². The van der Waals surface area contributed by atoms with Crippen LogP contribution in [0.2, 0.25) is 0 Å². The largest absolute Gasteiger partial charge is 0.334 e. The minimum absolute atomic E-state index is 0.0510. The summed E-state index contributed by atoms with van der Waals surface area (Å²) < 4.78 is 30.3. The monoisotopic (exact) mass is 512 g/mol. The average molecular weight is 513 g/mol. The Morgan fingerprint density at radius 1 is 1.03 bits per heavy atom. The summed E-state index contributed by atoms with van der Waals surface area (Å²) in [5.41, 5.74) is 0.814. The molecule has 0 fully saturated rings. The number of fused-ring (bicyclic) bond motifs is 2. The van der Waals surface area contributed by atoms with Gasteiger partial charge in [-0.3, -0.25) is 14.1 Å². The molecule has 0 spiro atoms. The lowest BCUT2D eigenvalue weighted by atomic mass is 10.0. The first kappa shape index (κ1) is 20.7. The van der Waals surface area contributed by atoms with E-state index in [-0.39, 0.29) is 21.6 Å². The Balaban J connectivity index is 1.68. The highest BCUT2D eigenvalue weighted by Gasteiger charge is 2.29. The number of hydrogen-bond donors (Lipinski definition) is 1. The SMILES string of the molecule is O=c1[nH]c(=O)n(-c2cccc(S(=O)(=O)N3CCCc4ccccc43)c2)c2ncc(Br)cc12. The molecule has 0 amide bonds. The molecule has 5 rings (SSSR count). The third-order valence-electron chi connectivity index (χ3n) is 5.44. The van der Waals surface area contributed by atoms with E-state index in [1.165, 1.54) is 27.2 Å². The maximum atomic E-state index is 13.5. The minimum atomic E-state index is -3.87. The summed E-state index contributed by atoms with van der Waals surface area (Å²) in [7, 11) is -3.87. The van der Waals surface area contributed by atoms with Crippen molar-refractivity contribution in [3.8, 4) is 5.69 Å². The van der Waals surface area contributed by atoms with E-state index in [1.807, 2.05) is 18.2 Å². The van der Waals surface area contributed by atoms with Crippen molar-refractivity contribution in [1.29, 1.82) is 0 Å². The first-order valence-corrected chi connectivity index (χ1v) is 12.1. The van der Waals surface area contributed by atoms with Crippen LogP contribution in [0.25, 0.3) is 16.7 Å². The van der Waals surface area contributed by atoms with Gasteiger partial charge in [0.2, 0.25) is 0 Å². The van der Waals surface area contributed by atoms with Gasteiger partial charge in [0, 0.05) is 17.2 Å². The van der Waals surface area contributed by atoms with Crippen LogP contribution in [-0.2, 0) is 16.4 Å². The van der Waals surface area contributed by atoms with Crippen molar-refractivity contribution >= 4 is 42.7 Å². The number of nitrogens with zero attached hydrogens (tertiary/aromatic N) is 3. The van der Waals surface area contributed by atoms with E-state index in [9.17, 15) is 18.0 Å². The van der Waals surface area contributed by atoms with Crippen LogP contribution in [0.15, 0.2) is 79.8 Å². The summed E-state index contributed by atoms with van der Waals surface area (Å²) >= 11 is 3.27. The molecular formula is C22H17BrN4O4S. The van der Waals surface area contributed by atoms with Crippen LogP contribution < -0.4 is 15.6 Å². The van der Waals surface area contributed by atoms with Crippen molar-refractivity contribution in [2.75, 3.05) is 10.8 Å². The summed E-state index contributed by atoms with van der Waals surface area (Å²) in [4.78, 5) is 31.5. The number of pyridine rings is 1. The molecular weight excluding hydrogens is 496 g/mol. The van der Waals surface area contributed by atoms with Crippen LogP contribution in [-0.4, -0.2) is 29.5 Å². The van der Waals surface area contributed by atoms with Gasteiger partial charge in [-0.05, 0) is 64.7 Å². The van der Waals surface area contributed by atoms with Crippen molar-refractivity contribution in [2.24, 2.45) is 0 Å². The summed E-state index contributed by atoms with van der Waals surface area (Å²) in [6, 6.07) is 15.1. The number of hydrogen-bond acceptors (Lipinski definition) is 5. The molecule has 1 aliphatic heterocycles. The minimum Gasteiger partial charge on any atom is -0.273 e. The number of aryl methyl sites for hydroxylation is 1. The number of anilines is 1. The summed E-state index contributed by atoms with van der Waals surface area (Å²) in [6.45, 7) is 0.376. The van der Waals surface area contributed by atoms with Crippen molar-refractivity contribution in [3.63, 3.8) is 0 Å². The van der Waals surface area contributed by atoms with Crippen LogP contribution in [0.5, 0.6) is 0 Å². The number of rotatable bonds is 3. The van der Waals surface area contributed by atoms with E-state index >= 15 is 0 Å². The van der Waals surface area contributed by atoms with Crippen molar-refractivity contribution in [1.82, 2.24) is 14.5 Å². The zero-order valence-corrected chi connectivity index (χ0v) is 19.1. The Bertz CT molecular complexity index is 1590. The van der Waals surface area contributed by atoms with E-state index in [2.05, 4.69) is 25.9 Å². The standard InChI is InChI=1S/C22H17BrN4O4S/c23-15-11-18-20(24-13-15)27(22(29)25-21(18)28)16-7-3-8-17(12-16)32(30,31)26-10-4-6-14-5-1-2-9-19(14)26/h1-3,5,7-9,11-13H,4,6,10H2,(H,25,28,29). The molecule has 8 nitrogen and oxygen atoms in total. The fourth-order valence-corrected chi connectivity index (χ4v) is 5.90. The van der Waals surface area contributed by atoms with Crippen molar-refractivity contribution in [3.05, 3.63) is 91.7 Å². The van der Waals surface area contributed by atoms with Crippen LogP contribution in [0.1, 0.15) is 12.0 Å². The van der Waals surface area contributed by atoms with E-state index < -0.39 is 21.3 Å². The molecule has 0 saturated heterocycles. The maximum Gasteiger partial charge on any atom is 0.334 e. The quantitative estimate of drug-likeness (QED) is 0.454. The number of H-pyrrole nitrogens is 1. The van der Waals surface area contributed by atoms with Gasteiger partial charge in [-0.25, -0.2) is 22.8 Å². The van der Waals surface area contributed by atoms with Gasteiger partial charge in [0.1, 0.15) is 0 Å². The Labute approximate surface area is 191 Å². The first-order valence-electron chi connectivity index (χ1n) is 9.88. The number of benzene rings is 2. The van der Waals surface area contributed by atoms with E-state index in [0.717, 1.165) is 18.4 Å². The van der Waals surface area contributed by atoms with Gasteiger partial charge in [-0.15, -0.1) is 0 Å². The third kappa shape index (κ3) is 3.35. The molecule has 0 bridgehead atoms. The van der Waals surface area contributed by atoms with Crippen LogP contribution >= 0.6 is 15.9 Å². The Kier molecular flexibility index (Phi) is 4.98. The number of nitrogens with one attached hydrogen (secondary N) is 1.